The van der Waals surface area contributed by atoms with Crippen molar-refractivity contribution < 1.29 is 28.5 Å². The highest BCUT2D eigenvalue weighted by atomic mass is 16.7. The van der Waals surface area contributed by atoms with Crippen molar-refractivity contribution in [2.45, 2.75) is 247 Å². The normalized spacial score (nSPS) is 54.5. The number of ether oxygens (including phenoxy) is 4. The maximum absolute atomic E-state index is 12.1. The Hall–Kier alpha value is -1.08. The van der Waals surface area contributed by atoms with E-state index in [0.717, 1.165) is 62.6 Å². The number of allylic oxidation sites excluding steroid dienone is 1. The van der Waals surface area contributed by atoms with Crippen LogP contribution in [0.2, 0.25) is 0 Å². The van der Waals surface area contributed by atoms with Gasteiger partial charge in [0.2, 0.25) is 0 Å². The molecule has 0 radical (unpaired) electrons. The first-order valence-corrected chi connectivity index (χ1v) is 27.2. The van der Waals surface area contributed by atoms with Crippen LogP contribution in [0, 0.1) is 79.3 Å². The van der Waals surface area contributed by atoms with Gasteiger partial charge in [0.15, 0.2) is 5.79 Å². The van der Waals surface area contributed by atoms with E-state index < -0.39 is 0 Å². The van der Waals surface area contributed by atoms with E-state index >= 15 is 0 Å². The van der Waals surface area contributed by atoms with Crippen LogP contribution in [0.3, 0.4) is 0 Å². The molecule has 18 unspecified atom stereocenters. The molecule has 10 saturated carbocycles. The molecule has 13 rings (SSSR count). The van der Waals surface area contributed by atoms with Crippen molar-refractivity contribution in [3.8, 4) is 0 Å². The first-order valence-electron chi connectivity index (χ1n) is 27.2. The number of Topliss-reactive ketones (excluding diaryl/α,β-unsaturated/α-hetero) is 2. The Kier molecular flexibility index (Phi) is 12.4. The van der Waals surface area contributed by atoms with Crippen molar-refractivity contribution in [3.05, 3.63) is 12.7 Å². The average molecular weight is 887 g/mol. The second-order valence-electron chi connectivity index (χ2n) is 28.1. The highest BCUT2D eigenvalue weighted by molar-refractivity contribution is 5.87. The topological polar surface area (TPSA) is 74.4 Å². The molecule has 0 N–H and O–H groups in total. The number of hydrogen-bond donors (Lipinski definition) is 0. The van der Waals surface area contributed by atoms with Crippen LogP contribution in [-0.4, -0.2) is 54.5 Å². The van der Waals surface area contributed by atoms with Crippen molar-refractivity contribution >= 4 is 11.6 Å². The first kappa shape index (κ1) is 48.0. The highest BCUT2D eigenvalue weighted by Gasteiger charge is 2.66. The van der Waals surface area contributed by atoms with E-state index in [4.69, 9.17) is 18.9 Å². The molecule has 0 aromatic carbocycles. The molecule has 3 heterocycles. The Morgan fingerprint density at radius 3 is 1.84 bits per heavy atom. The van der Waals surface area contributed by atoms with Crippen LogP contribution in [0.4, 0.5) is 0 Å². The molecule has 10 bridgehead atoms. The van der Waals surface area contributed by atoms with Crippen LogP contribution < -0.4 is 0 Å². The fourth-order valence-electron chi connectivity index (χ4n) is 17.9. The Morgan fingerprint density at radius 1 is 0.594 bits per heavy atom. The molecule has 64 heavy (non-hydrogen) atoms. The number of carbonyl (C=O) groups is 2. The van der Waals surface area contributed by atoms with E-state index in [0.29, 0.717) is 85.7 Å². The molecule has 362 valence electrons. The van der Waals surface area contributed by atoms with Gasteiger partial charge in [0.05, 0.1) is 37.1 Å². The van der Waals surface area contributed by atoms with Crippen molar-refractivity contribution in [1.82, 2.24) is 0 Å². The molecule has 6 nitrogen and oxygen atoms in total. The lowest BCUT2D eigenvalue weighted by Crippen LogP contribution is -2.47. The van der Waals surface area contributed by atoms with Gasteiger partial charge in [-0.25, -0.2) is 0 Å². The second-order valence-corrected chi connectivity index (χ2v) is 28.1. The number of carbonyl (C=O) groups excluding carboxylic acids is 2. The predicted molar refractivity (Wildman–Crippen MR) is 257 cm³/mol. The summed E-state index contributed by atoms with van der Waals surface area (Å²) in [4.78, 5) is 23.6. The third-order valence-corrected chi connectivity index (χ3v) is 22.6. The fourth-order valence-corrected chi connectivity index (χ4v) is 17.9. The minimum Gasteiger partial charge on any atom is -0.375 e. The minimum absolute atomic E-state index is 0.0856. The number of ketones is 2. The van der Waals surface area contributed by atoms with Crippen molar-refractivity contribution in [3.63, 3.8) is 0 Å². The SMILES string of the molecule is C=CCC1(C)C(=O)CC2(C)CCC1C2.CC12CCC(C1)C1(C)OC1C2.CC1C(=O)CC2(C)CCC1C2.CC1C2CCC(C)(C2)CC12OCCO2.CC1CC2(C)C3CCC(C)(C3)CC2O1. The van der Waals surface area contributed by atoms with E-state index in [1.165, 1.54) is 116 Å². The monoisotopic (exact) mass is 887 g/mol. The van der Waals surface area contributed by atoms with E-state index in [1.807, 2.05) is 6.08 Å². The van der Waals surface area contributed by atoms with Crippen LogP contribution in [0.25, 0.3) is 0 Å². The molecule has 1 spiro atoms. The summed E-state index contributed by atoms with van der Waals surface area (Å²) < 4.78 is 23.7. The summed E-state index contributed by atoms with van der Waals surface area (Å²) in [5.41, 5.74) is 3.28. The Morgan fingerprint density at radius 2 is 1.14 bits per heavy atom. The molecular formula is C58H94O6. The van der Waals surface area contributed by atoms with Gasteiger partial charge in [-0.15, -0.1) is 6.58 Å². The number of epoxide rings is 1. The lowest BCUT2D eigenvalue weighted by molar-refractivity contribution is -0.233. The van der Waals surface area contributed by atoms with Gasteiger partial charge in [0.1, 0.15) is 11.6 Å². The molecule has 3 saturated heterocycles. The summed E-state index contributed by atoms with van der Waals surface area (Å²) in [6.45, 7) is 30.9. The molecule has 13 fully saturated rings. The summed E-state index contributed by atoms with van der Waals surface area (Å²) >= 11 is 0. The maximum atomic E-state index is 12.1. The van der Waals surface area contributed by atoms with Gasteiger partial charge in [-0.1, -0.05) is 68.4 Å². The Labute approximate surface area is 391 Å². The van der Waals surface area contributed by atoms with Gasteiger partial charge in [0, 0.05) is 36.5 Å². The zero-order valence-electron chi connectivity index (χ0n) is 43.0. The van der Waals surface area contributed by atoms with E-state index in [2.05, 4.69) is 82.7 Å². The summed E-state index contributed by atoms with van der Waals surface area (Å²) in [5.74, 6) is 5.79. The molecule has 0 aromatic rings. The fraction of sp³-hybridized carbons (Fsp3) is 0.931. The van der Waals surface area contributed by atoms with Crippen LogP contribution in [-0.2, 0) is 28.5 Å². The summed E-state index contributed by atoms with van der Waals surface area (Å²) in [5, 5.41) is 0. The van der Waals surface area contributed by atoms with Gasteiger partial charge in [-0.2, -0.15) is 0 Å². The van der Waals surface area contributed by atoms with Gasteiger partial charge in [0.25, 0.3) is 0 Å². The molecule has 0 aromatic heterocycles. The molecule has 13 aliphatic rings. The van der Waals surface area contributed by atoms with E-state index in [9.17, 15) is 9.59 Å². The molecular weight excluding hydrogens is 793 g/mol. The third kappa shape index (κ3) is 8.66. The van der Waals surface area contributed by atoms with Crippen molar-refractivity contribution in [2.24, 2.45) is 79.3 Å². The molecule has 6 heteroatoms. The van der Waals surface area contributed by atoms with Gasteiger partial charge >= 0.3 is 0 Å². The lowest BCUT2D eigenvalue weighted by atomic mass is 9.62. The standard InChI is InChI=1S/C13H22O.C13H20O.C12H20O2.2C10H16O/c1-9-6-13(3)10-4-5-12(2,7-10)8-11(13)14-9;1-4-6-13(3)10-5-7-12(2,8-10)9-11(13)14;1-9-10-3-4-11(2,7-10)8-12(9)13-5-6-14-12;1-9-4-3-7(5-9)10(2)8(6-9)11-10;1-7-8-3-4-10(2,5-8)6-9(7)11/h9-11H,4-8H2,1-3H3;4,10H,1,5-9H2,2-3H3;9-10H,3-8H2,1-2H3;2*7-8H,3-6H2,1-2H3. The van der Waals surface area contributed by atoms with Crippen LogP contribution in [0.1, 0.15) is 217 Å². The number of fused-ring (bicyclic) bond motifs is 14. The van der Waals surface area contributed by atoms with Crippen molar-refractivity contribution in [2.75, 3.05) is 13.2 Å². The Balaban J connectivity index is 0.000000102. The zero-order chi connectivity index (χ0) is 45.9. The minimum atomic E-state index is -0.200. The predicted octanol–water partition coefficient (Wildman–Crippen LogP) is 14.1. The molecule has 10 aliphatic carbocycles. The second kappa shape index (κ2) is 16.5. The quantitative estimate of drug-likeness (QED) is 0.203. The molecule has 18 atom stereocenters. The maximum Gasteiger partial charge on any atom is 0.171 e. The smallest absolute Gasteiger partial charge is 0.171 e. The average Bonchev–Trinajstić information content (AvgIpc) is 3.96. The summed E-state index contributed by atoms with van der Waals surface area (Å²) in [6.07, 6.45) is 31.7. The van der Waals surface area contributed by atoms with E-state index in [-0.39, 0.29) is 11.2 Å². The summed E-state index contributed by atoms with van der Waals surface area (Å²) in [7, 11) is 0. The van der Waals surface area contributed by atoms with Gasteiger partial charge in [-0.05, 0) is 198 Å². The lowest BCUT2D eigenvalue weighted by Gasteiger charge is -2.45. The summed E-state index contributed by atoms with van der Waals surface area (Å²) in [6, 6.07) is 0. The number of rotatable bonds is 2. The number of hydrogen-bond acceptors (Lipinski definition) is 6. The largest absolute Gasteiger partial charge is 0.375 e. The van der Waals surface area contributed by atoms with Crippen LogP contribution in [0.15, 0.2) is 12.7 Å². The molecule has 0 amide bonds. The highest BCUT2D eigenvalue weighted by Crippen LogP contribution is 2.65. The third-order valence-electron chi connectivity index (χ3n) is 22.6. The Bertz CT molecular complexity index is 1780. The van der Waals surface area contributed by atoms with Crippen molar-refractivity contribution in [1.29, 1.82) is 0 Å². The van der Waals surface area contributed by atoms with Gasteiger partial charge in [-0.3, -0.25) is 9.59 Å². The van der Waals surface area contributed by atoms with E-state index in [1.54, 1.807) is 0 Å². The molecule has 3 aliphatic heterocycles. The van der Waals surface area contributed by atoms with Crippen LogP contribution in [0.5, 0.6) is 0 Å². The first-order chi connectivity index (χ1) is 29.9. The van der Waals surface area contributed by atoms with Crippen LogP contribution >= 0.6 is 0 Å². The zero-order valence-corrected chi connectivity index (χ0v) is 43.0. The van der Waals surface area contributed by atoms with Gasteiger partial charge < -0.3 is 18.9 Å².